The van der Waals surface area contributed by atoms with Gasteiger partial charge in [-0.3, -0.25) is 4.79 Å². The number of carbonyl (C=O) groups excluding carboxylic acids is 1. The highest BCUT2D eigenvalue weighted by Crippen LogP contribution is 2.27. The van der Waals surface area contributed by atoms with Gasteiger partial charge in [0.25, 0.3) is 0 Å². The Labute approximate surface area is 172 Å². The van der Waals surface area contributed by atoms with Crippen LogP contribution in [0.15, 0.2) is 57.6 Å². The molecule has 0 aliphatic carbocycles. The van der Waals surface area contributed by atoms with E-state index in [0.717, 1.165) is 0 Å². The third-order valence-corrected chi connectivity index (χ3v) is 6.23. The summed E-state index contributed by atoms with van der Waals surface area (Å²) >= 11 is 7.07. The van der Waals surface area contributed by atoms with Gasteiger partial charge < -0.3 is 9.50 Å². The summed E-state index contributed by atoms with van der Waals surface area (Å²) in [5, 5.41) is 11.1. The third kappa shape index (κ3) is 4.73. The maximum absolute atomic E-state index is 12.6. The van der Waals surface area contributed by atoms with E-state index in [1.165, 1.54) is 42.2 Å². The molecule has 1 N–H and O–H groups in total. The molecule has 7 nitrogen and oxygen atoms in total. The predicted molar refractivity (Wildman–Crippen MR) is 111 cm³/mol. The fourth-order valence-corrected chi connectivity index (χ4v) is 4.19. The summed E-state index contributed by atoms with van der Waals surface area (Å²) in [7, 11) is -4.05. The smallest absolute Gasteiger partial charge is 0.339 e. The van der Waals surface area contributed by atoms with Crippen molar-refractivity contribution in [2.45, 2.75) is 24.0 Å². The largest absolute Gasteiger partial charge is 0.378 e. The molecule has 3 rings (SSSR count). The van der Waals surface area contributed by atoms with Crippen LogP contribution in [0.3, 0.4) is 0 Å². The van der Waals surface area contributed by atoms with Crippen LogP contribution >= 0.6 is 23.4 Å². The Morgan fingerprint density at radius 1 is 1.21 bits per heavy atom. The average Bonchev–Trinajstić information content (AvgIpc) is 2.96. The molecule has 1 amide bonds. The Hall–Kier alpha value is -2.36. The van der Waals surface area contributed by atoms with E-state index >= 15 is 0 Å². The van der Waals surface area contributed by atoms with Gasteiger partial charge in [-0.15, -0.1) is 5.10 Å². The van der Waals surface area contributed by atoms with Crippen LogP contribution in [0.25, 0.3) is 0 Å². The van der Waals surface area contributed by atoms with Crippen LogP contribution in [0.4, 0.5) is 0 Å². The van der Waals surface area contributed by atoms with Crippen LogP contribution in [0, 0.1) is 6.92 Å². The van der Waals surface area contributed by atoms with Crippen molar-refractivity contribution >= 4 is 50.8 Å². The number of aryl methyl sites for hydroxylation is 1. The highest BCUT2D eigenvalue weighted by Gasteiger charge is 2.25. The molecule has 1 aliphatic rings. The van der Waals surface area contributed by atoms with E-state index in [0.29, 0.717) is 21.3 Å². The number of halogens is 1. The van der Waals surface area contributed by atoms with E-state index in [1.54, 1.807) is 32.0 Å². The highest BCUT2D eigenvalue weighted by atomic mass is 35.5. The standard InChI is InChI=1S/C18H16ClN3O4S2/c1-11-4-3-5-13(10-20-22-18-21-17(23)12(2)27-18)16(11)26-28(24,25)15-8-6-14(19)7-9-15/h3-10,12H,1-2H3,(H,21,22,23). The van der Waals surface area contributed by atoms with Gasteiger partial charge in [-0.1, -0.05) is 35.5 Å². The molecule has 0 radical (unpaired) electrons. The zero-order valence-corrected chi connectivity index (χ0v) is 17.3. The predicted octanol–water partition coefficient (Wildman–Crippen LogP) is 3.36. The minimum absolute atomic E-state index is 0.0117. The van der Waals surface area contributed by atoms with E-state index < -0.39 is 10.1 Å². The first-order chi connectivity index (χ1) is 13.3. The molecule has 0 saturated carbocycles. The number of hydrogen-bond donors (Lipinski definition) is 1. The molecule has 2 aromatic rings. The summed E-state index contributed by atoms with van der Waals surface area (Å²) in [6.45, 7) is 3.49. The van der Waals surface area contributed by atoms with Crippen molar-refractivity contribution in [3.05, 3.63) is 58.6 Å². The summed E-state index contributed by atoms with van der Waals surface area (Å²) in [6.07, 6.45) is 1.38. The van der Waals surface area contributed by atoms with Gasteiger partial charge in [0.15, 0.2) is 10.9 Å². The number of para-hydroxylation sites is 1. The van der Waals surface area contributed by atoms with Crippen molar-refractivity contribution in [1.82, 2.24) is 5.32 Å². The van der Waals surface area contributed by atoms with E-state index in [9.17, 15) is 13.2 Å². The van der Waals surface area contributed by atoms with Crippen molar-refractivity contribution < 1.29 is 17.4 Å². The van der Waals surface area contributed by atoms with Crippen molar-refractivity contribution in [1.29, 1.82) is 0 Å². The number of thioether (sulfide) groups is 1. The van der Waals surface area contributed by atoms with Gasteiger partial charge in [0, 0.05) is 10.6 Å². The average molecular weight is 438 g/mol. The molecule has 1 fully saturated rings. The van der Waals surface area contributed by atoms with E-state index in [2.05, 4.69) is 15.5 Å². The molecule has 0 aromatic heterocycles. The van der Waals surface area contributed by atoms with Crippen LogP contribution in [0.1, 0.15) is 18.1 Å². The van der Waals surface area contributed by atoms with Crippen LogP contribution < -0.4 is 9.50 Å². The van der Waals surface area contributed by atoms with Gasteiger partial charge in [0.05, 0.1) is 11.5 Å². The van der Waals surface area contributed by atoms with Gasteiger partial charge in [-0.2, -0.15) is 13.5 Å². The first-order valence-corrected chi connectivity index (χ1v) is 10.8. The van der Waals surface area contributed by atoms with Crippen LogP contribution in [0.2, 0.25) is 5.02 Å². The molecule has 28 heavy (non-hydrogen) atoms. The SMILES string of the molecule is Cc1cccc(C=NN=C2NC(=O)C(C)S2)c1OS(=O)(=O)c1ccc(Cl)cc1. The van der Waals surface area contributed by atoms with Crippen LogP contribution in [-0.4, -0.2) is 31.0 Å². The minimum atomic E-state index is -4.05. The summed E-state index contributed by atoms with van der Waals surface area (Å²) in [5.74, 6) is 0.0189. The van der Waals surface area contributed by atoms with Crippen molar-refractivity contribution in [3.63, 3.8) is 0 Å². The number of amides is 1. The second-order valence-corrected chi connectivity index (χ2v) is 9.20. The topological polar surface area (TPSA) is 97.2 Å². The molecule has 1 saturated heterocycles. The summed E-state index contributed by atoms with van der Waals surface area (Å²) < 4.78 is 30.5. The summed E-state index contributed by atoms with van der Waals surface area (Å²) in [4.78, 5) is 11.5. The normalized spacial score (nSPS) is 18.6. The van der Waals surface area contributed by atoms with Gasteiger partial charge in [-0.05, 0) is 49.7 Å². The molecular formula is C18H16ClN3O4S2. The molecule has 10 heteroatoms. The van der Waals surface area contributed by atoms with Crippen LogP contribution in [-0.2, 0) is 14.9 Å². The van der Waals surface area contributed by atoms with Crippen LogP contribution in [0.5, 0.6) is 5.75 Å². The highest BCUT2D eigenvalue weighted by molar-refractivity contribution is 8.15. The lowest BCUT2D eigenvalue weighted by atomic mass is 10.1. The van der Waals surface area contributed by atoms with E-state index in [4.69, 9.17) is 15.8 Å². The molecule has 2 aromatic carbocycles. The second kappa shape index (κ2) is 8.34. The lowest BCUT2D eigenvalue weighted by Gasteiger charge is -2.11. The first-order valence-electron chi connectivity index (χ1n) is 8.14. The van der Waals surface area contributed by atoms with Gasteiger partial charge in [0.2, 0.25) is 5.91 Å². The molecule has 1 atom stereocenters. The third-order valence-electron chi connectivity index (χ3n) is 3.77. The first kappa shape index (κ1) is 20.4. The Morgan fingerprint density at radius 3 is 2.57 bits per heavy atom. The number of amidine groups is 1. The Morgan fingerprint density at radius 2 is 1.93 bits per heavy atom. The Balaban J connectivity index is 1.86. The summed E-state index contributed by atoms with van der Waals surface area (Å²) in [6, 6.07) is 10.8. The zero-order chi connectivity index (χ0) is 20.3. The van der Waals surface area contributed by atoms with Crippen molar-refractivity contribution in [3.8, 4) is 5.75 Å². The molecular weight excluding hydrogens is 422 g/mol. The van der Waals surface area contributed by atoms with E-state index in [-0.39, 0.29) is 21.8 Å². The molecule has 0 spiro atoms. The zero-order valence-electron chi connectivity index (χ0n) is 14.9. The lowest BCUT2D eigenvalue weighted by Crippen LogP contribution is -2.23. The number of hydrogen-bond acceptors (Lipinski definition) is 7. The molecule has 0 bridgehead atoms. The molecule has 146 valence electrons. The number of nitrogens with zero attached hydrogens (tertiary/aromatic N) is 2. The fourth-order valence-electron chi connectivity index (χ4n) is 2.30. The number of benzene rings is 2. The molecule has 1 aliphatic heterocycles. The maximum Gasteiger partial charge on any atom is 0.339 e. The monoisotopic (exact) mass is 437 g/mol. The fraction of sp³-hybridized carbons (Fsp3) is 0.167. The van der Waals surface area contributed by atoms with Gasteiger partial charge in [-0.25, -0.2) is 0 Å². The Kier molecular flexibility index (Phi) is 6.07. The number of carbonyl (C=O) groups is 1. The molecule has 1 heterocycles. The van der Waals surface area contributed by atoms with Crippen molar-refractivity contribution in [2.24, 2.45) is 10.2 Å². The number of rotatable bonds is 5. The van der Waals surface area contributed by atoms with E-state index in [1.807, 2.05) is 0 Å². The summed E-state index contributed by atoms with van der Waals surface area (Å²) in [5.41, 5.74) is 1.05. The van der Waals surface area contributed by atoms with Crippen molar-refractivity contribution in [2.75, 3.05) is 0 Å². The minimum Gasteiger partial charge on any atom is -0.378 e. The maximum atomic E-state index is 12.6. The number of nitrogens with one attached hydrogen (secondary N) is 1. The van der Waals surface area contributed by atoms with Gasteiger partial charge in [0.1, 0.15) is 4.90 Å². The van der Waals surface area contributed by atoms with Gasteiger partial charge >= 0.3 is 10.1 Å². The Bertz CT molecular complexity index is 1070. The lowest BCUT2D eigenvalue weighted by molar-refractivity contribution is -0.118. The quantitative estimate of drug-likeness (QED) is 0.439. The second-order valence-electron chi connectivity index (χ2n) is 5.88. The molecule has 1 unspecified atom stereocenters.